The molecule has 2 rings (SSSR count). The molecule has 0 aliphatic carbocycles. The minimum absolute atomic E-state index is 0. The molecule has 0 unspecified atom stereocenters. The van der Waals surface area contributed by atoms with E-state index in [2.05, 4.69) is 4.98 Å². The van der Waals surface area contributed by atoms with Crippen LogP contribution in [0.3, 0.4) is 0 Å². The maximum absolute atomic E-state index is 10.4. The molecule has 0 aliphatic rings. The van der Waals surface area contributed by atoms with Gasteiger partial charge in [0.05, 0.1) is 34.1 Å². The van der Waals surface area contributed by atoms with E-state index in [0.717, 1.165) is 0 Å². The molecular weight excluding hydrogens is 394 g/mol. The van der Waals surface area contributed by atoms with Crippen LogP contribution in [0, 0.1) is 0 Å². The lowest BCUT2D eigenvalue weighted by Gasteiger charge is -2.19. The third-order valence-electron chi connectivity index (χ3n) is 3.10. The standard InChI is InChI=1S/C16H18Cl2N2O2.2ClH/c1-9(2)22-11-4-6-14(20-8-11)16(21)15(19)10-3-5-12(17)13(18)7-10;;/h3-9,15-16,21H,19H2,1-2H3;2*1H/t15-,16-;;/m0../s1. The van der Waals surface area contributed by atoms with Gasteiger partial charge in [0.1, 0.15) is 11.9 Å². The molecule has 8 heteroatoms. The third-order valence-corrected chi connectivity index (χ3v) is 3.84. The van der Waals surface area contributed by atoms with E-state index < -0.39 is 12.1 Å². The van der Waals surface area contributed by atoms with E-state index >= 15 is 0 Å². The number of nitrogens with zero attached hydrogens (tertiary/aromatic N) is 1. The average molecular weight is 414 g/mol. The highest BCUT2D eigenvalue weighted by Crippen LogP contribution is 2.30. The molecule has 2 atom stereocenters. The smallest absolute Gasteiger partial charge is 0.137 e. The van der Waals surface area contributed by atoms with E-state index in [4.69, 9.17) is 33.7 Å². The summed E-state index contributed by atoms with van der Waals surface area (Å²) < 4.78 is 5.52. The lowest BCUT2D eigenvalue weighted by atomic mass is 10.00. The first-order valence-corrected chi connectivity index (χ1v) is 7.65. The quantitative estimate of drug-likeness (QED) is 0.741. The summed E-state index contributed by atoms with van der Waals surface area (Å²) in [4.78, 5) is 4.20. The van der Waals surface area contributed by atoms with Crippen LogP contribution in [0.25, 0.3) is 0 Å². The molecule has 0 aliphatic heterocycles. The Morgan fingerprint density at radius 1 is 1.08 bits per heavy atom. The molecule has 0 spiro atoms. The van der Waals surface area contributed by atoms with Crippen molar-refractivity contribution in [2.45, 2.75) is 32.1 Å². The lowest BCUT2D eigenvalue weighted by Crippen LogP contribution is -2.20. The topological polar surface area (TPSA) is 68.4 Å². The lowest BCUT2D eigenvalue weighted by molar-refractivity contribution is 0.142. The van der Waals surface area contributed by atoms with Crippen molar-refractivity contribution >= 4 is 48.0 Å². The number of pyridine rings is 1. The van der Waals surface area contributed by atoms with Crippen molar-refractivity contribution in [3.8, 4) is 5.75 Å². The van der Waals surface area contributed by atoms with Crippen molar-refractivity contribution in [2.24, 2.45) is 5.73 Å². The Balaban J connectivity index is 0.00000264. The summed E-state index contributed by atoms with van der Waals surface area (Å²) in [5.41, 5.74) is 7.24. The van der Waals surface area contributed by atoms with Crippen LogP contribution in [0.4, 0.5) is 0 Å². The molecule has 0 fully saturated rings. The van der Waals surface area contributed by atoms with Crippen LogP contribution in [0.1, 0.15) is 37.3 Å². The van der Waals surface area contributed by atoms with Gasteiger partial charge in [-0.1, -0.05) is 29.3 Å². The molecule has 0 saturated carbocycles. The predicted octanol–water partition coefficient (Wildman–Crippen LogP) is 4.75. The molecule has 134 valence electrons. The van der Waals surface area contributed by atoms with E-state index in [1.807, 2.05) is 13.8 Å². The molecule has 0 radical (unpaired) electrons. The second-order valence-corrected chi connectivity index (χ2v) is 6.04. The van der Waals surface area contributed by atoms with Gasteiger partial charge in [-0.25, -0.2) is 0 Å². The van der Waals surface area contributed by atoms with Crippen LogP contribution in [-0.2, 0) is 0 Å². The number of halogens is 4. The number of hydrogen-bond donors (Lipinski definition) is 2. The Hall–Kier alpha value is -0.750. The van der Waals surface area contributed by atoms with Crippen molar-refractivity contribution in [2.75, 3.05) is 0 Å². The van der Waals surface area contributed by atoms with E-state index in [1.165, 1.54) is 0 Å². The molecule has 1 aromatic heterocycles. The first kappa shape index (κ1) is 23.2. The van der Waals surface area contributed by atoms with Crippen molar-refractivity contribution in [3.05, 3.63) is 57.8 Å². The van der Waals surface area contributed by atoms with Gasteiger partial charge >= 0.3 is 0 Å². The SMILES string of the molecule is CC(C)Oc1ccc([C@H](O)[C@@H](N)c2ccc(Cl)c(Cl)c2)nc1.Cl.Cl. The number of nitrogens with two attached hydrogens (primary N) is 1. The number of aliphatic hydroxyl groups excluding tert-OH is 1. The summed E-state index contributed by atoms with van der Waals surface area (Å²) in [5, 5.41) is 11.2. The van der Waals surface area contributed by atoms with Crippen LogP contribution in [0.2, 0.25) is 10.0 Å². The molecule has 2 aromatic rings. The summed E-state index contributed by atoms with van der Waals surface area (Å²) in [5.74, 6) is 0.647. The first-order chi connectivity index (χ1) is 10.4. The van der Waals surface area contributed by atoms with Crippen molar-refractivity contribution in [1.82, 2.24) is 4.98 Å². The van der Waals surface area contributed by atoms with Crippen molar-refractivity contribution in [3.63, 3.8) is 0 Å². The van der Waals surface area contributed by atoms with Crippen LogP contribution in [-0.4, -0.2) is 16.2 Å². The summed E-state index contributed by atoms with van der Waals surface area (Å²) in [6.45, 7) is 3.87. The Morgan fingerprint density at radius 2 is 1.75 bits per heavy atom. The molecule has 1 heterocycles. The summed E-state index contributed by atoms with van der Waals surface area (Å²) in [6, 6.07) is 7.83. The van der Waals surface area contributed by atoms with Crippen LogP contribution in [0.15, 0.2) is 36.5 Å². The molecule has 0 bridgehead atoms. The van der Waals surface area contributed by atoms with Gasteiger partial charge in [-0.05, 0) is 43.7 Å². The molecule has 24 heavy (non-hydrogen) atoms. The molecule has 0 amide bonds. The normalized spacial score (nSPS) is 12.8. The maximum Gasteiger partial charge on any atom is 0.137 e. The first-order valence-electron chi connectivity index (χ1n) is 6.89. The van der Waals surface area contributed by atoms with Crippen LogP contribution in [0.5, 0.6) is 5.75 Å². The van der Waals surface area contributed by atoms with Gasteiger partial charge in [0.15, 0.2) is 0 Å². The Kier molecular flexibility index (Phi) is 9.97. The number of hydrogen-bond acceptors (Lipinski definition) is 4. The summed E-state index contributed by atoms with van der Waals surface area (Å²) >= 11 is 11.9. The van der Waals surface area contributed by atoms with Gasteiger partial charge in [-0.2, -0.15) is 0 Å². The average Bonchev–Trinajstić information content (AvgIpc) is 2.49. The van der Waals surface area contributed by atoms with Crippen LogP contribution >= 0.6 is 48.0 Å². The summed E-state index contributed by atoms with van der Waals surface area (Å²) in [6.07, 6.45) is 0.682. The predicted molar refractivity (Wildman–Crippen MR) is 103 cm³/mol. The third kappa shape index (κ3) is 5.96. The number of aromatic nitrogens is 1. The molecular formula is C16H20Cl4N2O2. The van der Waals surface area contributed by atoms with Gasteiger partial charge in [0, 0.05) is 0 Å². The zero-order valence-electron chi connectivity index (χ0n) is 13.1. The van der Waals surface area contributed by atoms with Crippen LogP contribution < -0.4 is 10.5 Å². The fourth-order valence-electron chi connectivity index (χ4n) is 1.99. The fraction of sp³-hybridized carbons (Fsp3) is 0.312. The molecule has 4 nitrogen and oxygen atoms in total. The van der Waals surface area contributed by atoms with E-state index in [9.17, 15) is 5.11 Å². The van der Waals surface area contributed by atoms with E-state index in [1.54, 1.807) is 36.5 Å². The Bertz CT molecular complexity index is 638. The highest BCUT2D eigenvalue weighted by Gasteiger charge is 2.21. The maximum atomic E-state index is 10.4. The van der Waals surface area contributed by atoms with E-state index in [0.29, 0.717) is 27.1 Å². The van der Waals surface area contributed by atoms with Crippen molar-refractivity contribution < 1.29 is 9.84 Å². The largest absolute Gasteiger partial charge is 0.489 e. The minimum Gasteiger partial charge on any atom is -0.489 e. The molecule has 1 aromatic carbocycles. The fourth-order valence-corrected chi connectivity index (χ4v) is 2.30. The van der Waals surface area contributed by atoms with Gasteiger partial charge in [-0.15, -0.1) is 24.8 Å². The molecule has 0 saturated heterocycles. The minimum atomic E-state index is -0.953. The second kappa shape index (κ2) is 10.3. The number of rotatable bonds is 5. The van der Waals surface area contributed by atoms with Gasteiger partial charge in [0.2, 0.25) is 0 Å². The highest BCUT2D eigenvalue weighted by atomic mass is 35.5. The van der Waals surface area contributed by atoms with Gasteiger partial charge < -0.3 is 15.6 Å². The van der Waals surface area contributed by atoms with E-state index in [-0.39, 0.29) is 30.9 Å². The zero-order valence-corrected chi connectivity index (χ0v) is 16.3. The Labute approximate surface area is 164 Å². The summed E-state index contributed by atoms with van der Waals surface area (Å²) in [7, 11) is 0. The number of benzene rings is 1. The van der Waals surface area contributed by atoms with Crippen molar-refractivity contribution in [1.29, 1.82) is 0 Å². The van der Waals surface area contributed by atoms with Gasteiger partial charge in [0.25, 0.3) is 0 Å². The van der Waals surface area contributed by atoms with Gasteiger partial charge in [-0.3, -0.25) is 4.98 Å². The number of aliphatic hydroxyl groups is 1. The second-order valence-electron chi connectivity index (χ2n) is 5.23. The highest BCUT2D eigenvalue weighted by molar-refractivity contribution is 6.42. The zero-order chi connectivity index (χ0) is 16.3. The monoisotopic (exact) mass is 412 g/mol. The number of ether oxygens (including phenoxy) is 1. The Morgan fingerprint density at radius 3 is 2.25 bits per heavy atom. The molecule has 3 N–H and O–H groups in total.